The highest BCUT2D eigenvalue weighted by atomic mass is 16.4. The van der Waals surface area contributed by atoms with Gasteiger partial charge in [-0.05, 0) is 24.8 Å². The van der Waals surface area contributed by atoms with Crippen molar-refractivity contribution in [3.63, 3.8) is 0 Å². The lowest BCUT2D eigenvalue weighted by Crippen LogP contribution is -2.30. The van der Waals surface area contributed by atoms with Crippen LogP contribution in [0, 0.1) is 0 Å². The number of rotatable bonds is 1. The maximum absolute atomic E-state index is 11.9. The normalized spacial score (nSPS) is 13.7. The van der Waals surface area contributed by atoms with Crippen LogP contribution in [0.15, 0.2) is 9.59 Å². The average molecular weight is 261 g/mol. The summed E-state index contributed by atoms with van der Waals surface area (Å²) in [6.45, 7) is 0. The molecule has 0 atom stereocenters. The van der Waals surface area contributed by atoms with Gasteiger partial charge in [-0.3, -0.25) is 14.3 Å². The molecule has 2 aromatic heterocycles. The maximum Gasteiger partial charge on any atom is 0.336 e. The predicted octanol–water partition coefficient (Wildman–Crippen LogP) is -0.191. The standard InChI is InChI=1S/C12H11N3O4/c1-15-9-8(10(16)14-12(15)19)7(11(17)18)5-3-2-4-6(5)13-9/h2-4H2,1H3,(H,17,18)(H,14,16,19). The summed E-state index contributed by atoms with van der Waals surface area (Å²) in [5.74, 6) is -1.16. The summed E-state index contributed by atoms with van der Waals surface area (Å²) in [4.78, 5) is 41.3. The van der Waals surface area contributed by atoms with Crippen LogP contribution in [0.4, 0.5) is 0 Å². The van der Waals surface area contributed by atoms with Crippen LogP contribution in [-0.4, -0.2) is 25.6 Å². The van der Waals surface area contributed by atoms with Crippen LogP contribution < -0.4 is 11.2 Å². The van der Waals surface area contributed by atoms with E-state index in [4.69, 9.17) is 0 Å². The van der Waals surface area contributed by atoms with Gasteiger partial charge in [0.05, 0.1) is 10.9 Å². The van der Waals surface area contributed by atoms with Crippen LogP contribution in [0.2, 0.25) is 0 Å². The number of carboxylic acid groups (broad SMARTS) is 1. The molecule has 0 radical (unpaired) electrons. The van der Waals surface area contributed by atoms with Gasteiger partial charge in [0.1, 0.15) is 5.65 Å². The monoisotopic (exact) mass is 261 g/mol. The van der Waals surface area contributed by atoms with E-state index in [-0.39, 0.29) is 16.6 Å². The molecule has 0 bridgehead atoms. The van der Waals surface area contributed by atoms with Crippen LogP contribution in [0.25, 0.3) is 11.0 Å². The zero-order chi connectivity index (χ0) is 13.7. The number of pyridine rings is 1. The minimum absolute atomic E-state index is 0.0183. The lowest BCUT2D eigenvalue weighted by Gasteiger charge is -2.10. The molecule has 3 rings (SSSR count). The second kappa shape index (κ2) is 3.78. The van der Waals surface area contributed by atoms with Crippen LogP contribution in [0.3, 0.4) is 0 Å². The Morgan fingerprint density at radius 3 is 2.79 bits per heavy atom. The fourth-order valence-electron chi connectivity index (χ4n) is 2.60. The van der Waals surface area contributed by atoms with Crippen molar-refractivity contribution in [2.45, 2.75) is 19.3 Å². The zero-order valence-electron chi connectivity index (χ0n) is 10.2. The highest BCUT2D eigenvalue weighted by molar-refractivity contribution is 6.03. The number of H-pyrrole nitrogens is 1. The Morgan fingerprint density at radius 1 is 1.37 bits per heavy atom. The third-order valence-corrected chi connectivity index (χ3v) is 3.49. The zero-order valence-corrected chi connectivity index (χ0v) is 10.2. The second-order valence-electron chi connectivity index (χ2n) is 4.59. The summed E-state index contributed by atoms with van der Waals surface area (Å²) in [5, 5.41) is 9.35. The van der Waals surface area contributed by atoms with E-state index >= 15 is 0 Å². The molecule has 0 fully saturated rings. The van der Waals surface area contributed by atoms with E-state index in [2.05, 4.69) is 9.97 Å². The number of hydrogen-bond acceptors (Lipinski definition) is 4. The van der Waals surface area contributed by atoms with Gasteiger partial charge in [-0.2, -0.15) is 0 Å². The van der Waals surface area contributed by atoms with Gasteiger partial charge in [0.25, 0.3) is 5.56 Å². The van der Waals surface area contributed by atoms with E-state index < -0.39 is 17.2 Å². The van der Waals surface area contributed by atoms with Gasteiger partial charge in [0.2, 0.25) is 0 Å². The van der Waals surface area contributed by atoms with Gasteiger partial charge in [-0.25, -0.2) is 14.6 Å². The number of nitrogens with zero attached hydrogens (tertiary/aromatic N) is 2. The highest BCUT2D eigenvalue weighted by Crippen LogP contribution is 2.27. The molecule has 19 heavy (non-hydrogen) atoms. The van der Waals surface area contributed by atoms with Gasteiger partial charge in [0.15, 0.2) is 0 Å². The van der Waals surface area contributed by atoms with Crippen molar-refractivity contribution < 1.29 is 9.90 Å². The van der Waals surface area contributed by atoms with Gasteiger partial charge in [0, 0.05) is 12.7 Å². The number of hydrogen-bond donors (Lipinski definition) is 2. The molecule has 0 amide bonds. The molecule has 0 aromatic carbocycles. The van der Waals surface area contributed by atoms with E-state index in [1.807, 2.05) is 0 Å². The maximum atomic E-state index is 11.9. The molecule has 7 heteroatoms. The van der Waals surface area contributed by atoms with Crippen molar-refractivity contribution in [2.24, 2.45) is 7.05 Å². The summed E-state index contributed by atoms with van der Waals surface area (Å²) in [6.07, 6.45) is 2.08. The quantitative estimate of drug-likeness (QED) is 0.740. The van der Waals surface area contributed by atoms with Gasteiger partial charge in [-0.15, -0.1) is 0 Å². The SMILES string of the molecule is Cn1c(=O)[nH]c(=O)c2c(C(=O)O)c3c(nc21)CCC3. The molecule has 0 aliphatic heterocycles. The third-order valence-electron chi connectivity index (χ3n) is 3.49. The molecular weight excluding hydrogens is 250 g/mol. The first-order valence-corrected chi connectivity index (χ1v) is 5.88. The first-order chi connectivity index (χ1) is 9.00. The number of aromatic amines is 1. The summed E-state index contributed by atoms with van der Waals surface area (Å²) < 4.78 is 1.17. The minimum Gasteiger partial charge on any atom is -0.478 e. The molecule has 98 valence electrons. The number of aromatic nitrogens is 3. The number of aromatic carboxylic acids is 1. The van der Waals surface area contributed by atoms with E-state index in [9.17, 15) is 19.5 Å². The Hall–Kier alpha value is -2.44. The van der Waals surface area contributed by atoms with Crippen molar-refractivity contribution in [1.82, 2.24) is 14.5 Å². The van der Waals surface area contributed by atoms with Gasteiger partial charge >= 0.3 is 11.7 Å². The van der Waals surface area contributed by atoms with Crippen LogP contribution in [-0.2, 0) is 19.9 Å². The van der Waals surface area contributed by atoms with E-state index in [0.717, 1.165) is 6.42 Å². The largest absolute Gasteiger partial charge is 0.478 e. The number of carbonyl (C=O) groups is 1. The van der Waals surface area contributed by atoms with Crippen molar-refractivity contribution in [3.8, 4) is 0 Å². The molecule has 2 aromatic rings. The third kappa shape index (κ3) is 1.51. The Balaban J connectivity index is 2.63. The highest BCUT2D eigenvalue weighted by Gasteiger charge is 2.26. The van der Waals surface area contributed by atoms with Gasteiger partial charge in [-0.1, -0.05) is 0 Å². The molecule has 1 aliphatic rings. The molecular formula is C12H11N3O4. The summed E-state index contributed by atoms with van der Waals surface area (Å²) >= 11 is 0. The molecule has 7 nitrogen and oxygen atoms in total. The van der Waals surface area contributed by atoms with Crippen LogP contribution >= 0.6 is 0 Å². The Kier molecular flexibility index (Phi) is 2.31. The van der Waals surface area contributed by atoms with Crippen molar-refractivity contribution >= 4 is 17.0 Å². The fraction of sp³-hybridized carbons (Fsp3) is 0.333. The van der Waals surface area contributed by atoms with Crippen molar-refractivity contribution in [3.05, 3.63) is 37.7 Å². The van der Waals surface area contributed by atoms with E-state index in [1.165, 1.54) is 11.6 Å². The fourth-order valence-corrected chi connectivity index (χ4v) is 2.60. The van der Waals surface area contributed by atoms with Crippen molar-refractivity contribution in [1.29, 1.82) is 0 Å². The first kappa shape index (κ1) is 11.6. The first-order valence-electron chi connectivity index (χ1n) is 5.88. The molecule has 2 N–H and O–H groups in total. The minimum atomic E-state index is -1.16. The lowest BCUT2D eigenvalue weighted by atomic mass is 10.0. The summed E-state index contributed by atoms with van der Waals surface area (Å²) in [6, 6.07) is 0. The summed E-state index contributed by atoms with van der Waals surface area (Å²) in [5.41, 5.74) is 0.104. The summed E-state index contributed by atoms with van der Waals surface area (Å²) in [7, 11) is 1.46. The van der Waals surface area contributed by atoms with E-state index in [1.54, 1.807) is 0 Å². The second-order valence-corrected chi connectivity index (χ2v) is 4.59. The molecule has 0 spiro atoms. The Bertz CT molecular complexity index is 831. The van der Waals surface area contributed by atoms with Crippen molar-refractivity contribution in [2.75, 3.05) is 0 Å². The molecule has 2 heterocycles. The molecule has 0 saturated heterocycles. The predicted molar refractivity (Wildman–Crippen MR) is 66.6 cm³/mol. The smallest absolute Gasteiger partial charge is 0.336 e. The Morgan fingerprint density at radius 2 is 2.11 bits per heavy atom. The topological polar surface area (TPSA) is 105 Å². The van der Waals surface area contributed by atoms with Gasteiger partial charge < -0.3 is 5.11 Å². The number of carboxylic acids is 1. The number of aryl methyl sites for hydroxylation is 2. The molecule has 0 saturated carbocycles. The van der Waals surface area contributed by atoms with Crippen LogP contribution in [0.1, 0.15) is 28.0 Å². The van der Waals surface area contributed by atoms with Crippen LogP contribution in [0.5, 0.6) is 0 Å². The number of fused-ring (bicyclic) bond motifs is 2. The molecule has 1 aliphatic carbocycles. The Labute approximate surface area is 106 Å². The van der Waals surface area contributed by atoms with E-state index in [0.29, 0.717) is 24.1 Å². The lowest BCUT2D eigenvalue weighted by molar-refractivity contribution is 0.0697. The molecule has 0 unspecified atom stereocenters. The average Bonchev–Trinajstić information content (AvgIpc) is 2.81. The number of nitrogens with one attached hydrogen (secondary N) is 1.